The van der Waals surface area contributed by atoms with Crippen molar-refractivity contribution >= 4 is 15.9 Å². The molecule has 180 valence electrons. The molecule has 0 saturated carbocycles. The lowest BCUT2D eigenvalue weighted by atomic mass is 10.1. The van der Waals surface area contributed by atoms with Gasteiger partial charge < -0.3 is 9.64 Å². The molecule has 0 spiro atoms. The highest BCUT2D eigenvalue weighted by atomic mass is 32.2. The highest BCUT2D eigenvalue weighted by Gasteiger charge is 2.24. The van der Waals surface area contributed by atoms with Gasteiger partial charge in [-0.2, -0.15) is 4.31 Å². The average molecular weight is 475 g/mol. The van der Waals surface area contributed by atoms with Crippen LogP contribution in [0.5, 0.6) is 0 Å². The van der Waals surface area contributed by atoms with Crippen LogP contribution >= 0.6 is 0 Å². The van der Waals surface area contributed by atoms with E-state index in [1.807, 2.05) is 12.1 Å². The summed E-state index contributed by atoms with van der Waals surface area (Å²) < 4.78 is 32.7. The maximum absolute atomic E-state index is 13.5. The molecule has 1 amide bonds. The van der Waals surface area contributed by atoms with E-state index in [0.29, 0.717) is 31.7 Å². The van der Waals surface area contributed by atoms with Crippen molar-refractivity contribution in [1.29, 1.82) is 0 Å². The van der Waals surface area contributed by atoms with Gasteiger partial charge in [-0.05, 0) is 42.3 Å². The Kier molecular flexibility index (Phi) is 9.37. The van der Waals surface area contributed by atoms with Gasteiger partial charge in [0, 0.05) is 63.8 Å². The van der Waals surface area contributed by atoms with Gasteiger partial charge >= 0.3 is 0 Å². The Morgan fingerprint density at radius 1 is 1.09 bits per heavy atom. The molecule has 0 N–H and O–H groups in total. The van der Waals surface area contributed by atoms with E-state index in [0.717, 1.165) is 44.8 Å². The first-order valence-electron chi connectivity index (χ1n) is 11.5. The van der Waals surface area contributed by atoms with Gasteiger partial charge in [0.2, 0.25) is 10.0 Å². The zero-order valence-electron chi connectivity index (χ0n) is 19.5. The number of ether oxygens (including phenoxy) is 1. The normalized spacial score (nSPS) is 15.0. The van der Waals surface area contributed by atoms with E-state index >= 15 is 0 Å². The minimum atomic E-state index is -3.64. The molecule has 1 aliphatic rings. The molecule has 1 aliphatic heterocycles. The number of pyridine rings is 1. The van der Waals surface area contributed by atoms with Crippen LogP contribution in [0.1, 0.15) is 36.2 Å². The quantitative estimate of drug-likeness (QED) is 0.498. The minimum absolute atomic E-state index is 0.147. The molecule has 33 heavy (non-hydrogen) atoms. The number of amides is 1. The highest BCUT2D eigenvalue weighted by Crippen LogP contribution is 2.19. The van der Waals surface area contributed by atoms with E-state index in [1.165, 1.54) is 10.4 Å². The number of sulfonamides is 1. The fourth-order valence-electron chi connectivity index (χ4n) is 3.96. The van der Waals surface area contributed by atoms with Crippen molar-refractivity contribution in [3.63, 3.8) is 0 Å². The van der Waals surface area contributed by atoms with Gasteiger partial charge in [0.05, 0.1) is 18.1 Å². The molecule has 1 saturated heterocycles. The summed E-state index contributed by atoms with van der Waals surface area (Å²) in [7, 11) is -3.64. The number of rotatable bonds is 11. The fraction of sp³-hybridized carbons (Fsp3) is 0.500. The Labute approximate surface area is 197 Å². The SMILES string of the molecule is CCN(CC)S(=O)(=O)c1cccc(C(=O)N(CCCN2CCOCC2)Cc2ccncc2)c1. The zero-order chi connectivity index (χ0) is 23.7. The number of aromatic nitrogens is 1. The van der Waals surface area contributed by atoms with Crippen LogP contribution in [0.15, 0.2) is 53.7 Å². The van der Waals surface area contributed by atoms with Crippen molar-refractivity contribution in [2.75, 3.05) is 52.5 Å². The number of hydrogen-bond donors (Lipinski definition) is 0. The average Bonchev–Trinajstić information content (AvgIpc) is 2.85. The molecule has 2 heterocycles. The number of carbonyl (C=O) groups is 1. The molecule has 0 bridgehead atoms. The number of hydrogen-bond acceptors (Lipinski definition) is 6. The summed E-state index contributed by atoms with van der Waals surface area (Å²) in [6.07, 6.45) is 4.25. The van der Waals surface area contributed by atoms with Crippen LogP contribution in [0.25, 0.3) is 0 Å². The van der Waals surface area contributed by atoms with Gasteiger partial charge in [-0.3, -0.25) is 14.7 Å². The highest BCUT2D eigenvalue weighted by molar-refractivity contribution is 7.89. The van der Waals surface area contributed by atoms with Crippen molar-refractivity contribution in [3.05, 3.63) is 59.9 Å². The molecule has 1 aromatic heterocycles. The molecule has 2 aromatic rings. The maximum atomic E-state index is 13.5. The van der Waals surface area contributed by atoms with E-state index in [9.17, 15) is 13.2 Å². The molecular formula is C24H34N4O4S. The van der Waals surface area contributed by atoms with Crippen LogP contribution < -0.4 is 0 Å². The van der Waals surface area contributed by atoms with Gasteiger partial charge in [-0.25, -0.2) is 8.42 Å². The van der Waals surface area contributed by atoms with Crippen LogP contribution in [0.2, 0.25) is 0 Å². The third-order valence-corrected chi connectivity index (χ3v) is 7.89. The molecule has 0 unspecified atom stereocenters. The summed E-state index contributed by atoms with van der Waals surface area (Å²) >= 11 is 0. The molecule has 9 heteroatoms. The summed E-state index contributed by atoms with van der Waals surface area (Å²) in [5, 5.41) is 0. The number of nitrogens with zero attached hydrogens (tertiary/aromatic N) is 4. The Bertz CT molecular complexity index is 991. The van der Waals surface area contributed by atoms with Crippen LogP contribution in [0.3, 0.4) is 0 Å². The smallest absolute Gasteiger partial charge is 0.254 e. The van der Waals surface area contributed by atoms with E-state index in [-0.39, 0.29) is 10.8 Å². The largest absolute Gasteiger partial charge is 0.379 e. The molecule has 1 aromatic carbocycles. The predicted molar refractivity (Wildman–Crippen MR) is 127 cm³/mol. The monoisotopic (exact) mass is 474 g/mol. The predicted octanol–water partition coefficient (Wildman–Crippen LogP) is 2.48. The molecule has 0 radical (unpaired) electrons. The topological polar surface area (TPSA) is 83.1 Å². The molecule has 1 fully saturated rings. The lowest BCUT2D eigenvalue weighted by Crippen LogP contribution is -2.39. The van der Waals surface area contributed by atoms with Crippen molar-refractivity contribution in [2.45, 2.75) is 31.7 Å². The second-order valence-electron chi connectivity index (χ2n) is 8.01. The zero-order valence-corrected chi connectivity index (χ0v) is 20.3. The third kappa shape index (κ3) is 6.83. The van der Waals surface area contributed by atoms with Crippen molar-refractivity contribution < 1.29 is 17.9 Å². The molecule has 3 rings (SSSR count). The first kappa shape index (κ1) is 25.3. The molecule has 8 nitrogen and oxygen atoms in total. The van der Waals surface area contributed by atoms with Crippen molar-refractivity contribution in [1.82, 2.24) is 19.1 Å². The van der Waals surface area contributed by atoms with Crippen molar-refractivity contribution in [2.24, 2.45) is 0 Å². The van der Waals surface area contributed by atoms with E-state index in [2.05, 4.69) is 9.88 Å². The minimum Gasteiger partial charge on any atom is -0.379 e. The standard InChI is InChI=1S/C24H34N4O4S/c1-3-28(4-2)33(30,31)23-8-5-7-22(19-23)24(29)27(20-21-9-11-25-12-10-21)14-6-13-26-15-17-32-18-16-26/h5,7-12,19H,3-4,6,13-18,20H2,1-2H3. The Morgan fingerprint density at radius 3 is 2.45 bits per heavy atom. The van der Waals surface area contributed by atoms with Gasteiger partial charge in [-0.1, -0.05) is 19.9 Å². The number of benzene rings is 1. The van der Waals surface area contributed by atoms with Crippen LogP contribution in [-0.2, 0) is 21.3 Å². The summed E-state index contributed by atoms with van der Waals surface area (Å²) in [4.78, 5) is 21.8. The third-order valence-electron chi connectivity index (χ3n) is 5.84. The maximum Gasteiger partial charge on any atom is 0.254 e. The van der Waals surface area contributed by atoms with E-state index in [1.54, 1.807) is 49.3 Å². The van der Waals surface area contributed by atoms with Crippen LogP contribution in [-0.4, -0.2) is 85.9 Å². The Morgan fingerprint density at radius 2 is 1.79 bits per heavy atom. The number of carbonyl (C=O) groups excluding carboxylic acids is 1. The molecule has 0 atom stereocenters. The second-order valence-corrected chi connectivity index (χ2v) is 9.94. The molecule has 0 aliphatic carbocycles. The van der Waals surface area contributed by atoms with Gasteiger partial charge in [0.25, 0.3) is 5.91 Å². The Balaban J connectivity index is 1.78. The first-order chi connectivity index (χ1) is 16.0. The Hall–Kier alpha value is -2.33. The van der Waals surface area contributed by atoms with Crippen LogP contribution in [0, 0.1) is 0 Å². The number of morpholine rings is 1. The van der Waals surface area contributed by atoms with Crippen LogP contribution in [0.4, 0.5) is 0 Å². The second kappa shape index (κ2) is 12.2. The summed E-state index contributed by atoms with van der Waals surface area (Å²) in [5.74, 6) is -0.176. The first-order valence-corrected chi connectivity index (χ1v) is 13.0. The van der Waals surface area contributed by atoms with Crippen molar-refractivity contribution in [3.8, 4) is 0 Å². The lowest BCUT2D eigenvalue weighted by Gasteiger charge is -2.28. The van der Waals surface area contributed by atoms with Gasteiger partial charge in [-0.15, -0.1) is 0 Å². The fourth-order valence-corrected chi connectivity index (χ4v) is 5.46. The lowest BCUT2D eigenvalue weighted by molar-refractivity contribution is 0.0355. The van der Waals surface area contributed by atoms with E-state index < -0.39 is 10.0 Å². The summed E-state index contributed by atoms with van der Waals surface area (Å²) in [6, 6.07) is 10.2. The van der Waals surface area contributed by atoms with Gasteiger partial charge in [0.15, 0.2) is 0 Å². The van der Waals surface area contributed by atoms with Gasteiger partial charge in [0.1, 0.15) is 0 Å². The molecular weight excluding hydrogens is 440 g/mol. The summed E-state index contributed by atoms with van der Waals surface area (Å²) in [6.45, 7) is 9.58. The summed E-state index contributed by atoms with van der Waals surface area (Å²) in [5.41, 5.74) is 1.36. The van der Waals surface area contributed by atoms with E-state index in [4.69, 9.17) is 4.74 Å².